The average Bonchev–Trinajstić information content (AvgIpc) is 3.23. The molecule has 0 saturated carbocycles. The summed E-state index contributed by atoms with van der Waals surface area (Å²) in [4.78, 5) is 36.1. The third kappa shape index (κ3) is 4.31. The molecule has 3 aromatic rings. The molecular weight excluding hydrogens is 420 g/mol. The van der Waals surface area contributed by atoms with Crippen LogP contribution in [0.5, 0.6) is 5.75 Å². The first kappa shape index (κ1) is 21.8. The lowest BCUT2D eigenvalue weighted by Gasteiger charge is -2.18. The van der Waals surface area contributed by atoms with E-state index >= 15 is 4.39 Å². The Morgan fingerprint density at radius 2 is 2.16 bits per heavy atom. The summed E-state index contributed by atoms with van der Waals surface area (Å²) in [7, 11) is 1.44. The Morgan fingerprint density at radius 3 is 2.88 bits per heavy atom. The Labute approximate surface area is 182 Å². The van der Waals surface area contributed by atoms with E-state index in [0.717, 1.165) is 0 Å². The van der Waals surface area contributed by atoms with Gasteiger partial charge in [-0.05, 0) is 31.0 Å². The van der Waals surface area contributed by atoms with Gasteiger partial charge in [0.15, 0.2) is 11.6 Å². The number of hydrogen-bond donors (Lipinski definition) is 2. The maximum absolute atomic E-state index is 15.0. The molecule has 3 aromatic heterocycles. The molecule has 0 spiro atoms. The first-order valence-electron chi connectivity index (χ1n) is 10.4. The lowest BCUT2D eigenvalue weighted by molar-refractivity contribution is 0.0956. The largest absolute Gasteiger partial charge is 0.484 e. The van der Waals surface area contributed by atoms with E-state index in [4.69, 9.17) is 4.74 Å². The van der Waals surface area contributed by atoms with Crippen molar-refractivity contribution in [1.29, 1.82) is 0 Å². The Bertz CT molecular complexity index is 1230. The SMILES string of the molecule is CCc1cc2ncc(CN3CC[C@H](Oc4ccc(C(=O)NC)nc4F)C3)c(F)c2[nH]c1=O. The van der Waals surface area contributed by atoms with Gasteiger partial charge in [-0.15, -0.1) is 0 Å². The molecule has 32 heavy (non-hydrogen) atoms. The second kappa shape index (κ2) is 8.99. The summed E-state index contributed by atoms with van der Waals surface area (Å²) in [5.41, 5.74) is 1.08. The number of carbonyl (C=O) groups is 1. The molecule has 0 radical (unpaired) electrons. The summed E-state index contributed by atoms with van der Waals surface area (Å²) in [5, 5.41) is 2.38. The van der Waals surface area contributed by atoms with Crippen molar-refractivity contribution < 1.29 is 18.3 Å². The van der Waals surface area contributed by atoms with Gasteiger partial charge in [0.1, 0.15) is 17.3 Å². The molecule has 1 aliphatic heterocycles. The predicted molar refractivity (Wildman–Crippen MR) is 114 cm³/mol. The summed E-state index contributed by atoms with van der Waals surface area (Å²) >= 11 is 0. The first-order chi connectivity index (χ1) is 15.4. The molecule has 0 unspecified atom stereocenters. The maximum Gasteiger partial charge on any atom is 0.269 e. The van der Waals surface area contributed by atoms with E-state index in [2.05, 4.69) is 20.3 Å². The molecule has 0 bridgehead atoms. The van der Waals surface area contributed by atoms with Crippen LogP contribution in [0.3, 0.4) is 0 Å². The summed E-state index contributed by atoms with van der Waals surface area (Å²) in [6.45, 7) is 3.21. The van der Waals surface area contributed by atoms with E-state index in [9.17, 15) is 14.0 Å². The van der Waals surface area contributed by atoms with E-state index in [1.807, 2.05) is 11.8 Å². The minimum Gasteiger partial charge on any atom is -0.484 e. The predicted octanol–water partition coefficient (Wildman–Crippen LogP) is 2.17. The van der Waals surface area contributed by atoms with Crippen LogP contribution in [0.4, 0.5) is 8.78 Å². The number of rotatable bonds is 6. The topological polar surface area (TPSA) is 100 Å². The third-order valence-electron chi connectivity index (χ3n) is 5.53. The molecule has 1 fully saturated rings. The summed E-state index contributed by atoms with van der Waals surface area (Å²) in [6.07, 6.45) is 2.33. The van der Waals surface area contributed by atoms with E-state index in [0.29, 0.717) is 42.6 Å². The number of carbonyl (C=O) groups excluding carboxylic acids is 1. The van der Waals surface area contributed by atoms with Crippen LogP contribution in [0.1, 0.15) is 35.0 Å². The molecule has 1 atom stereocenters. The number of aromatic amines is 1. The molecule has 1 saturated heterocycles. The van der Waals surface area contributed by atoms with Crippen LogP contribution < -0.4 is 15.6 Å². The van der Waals surface area contributed by atoms with Crippen molar-refractivity contribution in [2.45, 2.75) is 32.4 Å². The van der Waals surface area contributed by atoms with E-state index in [1.165, 1.54) is 25.4 Å². The molecule has 0 aliphatic carbocycles. The van der Waals surface area contributed by atoms with E-state index in [1.54, 1.807) is 6.07 Å². The molecule has 4 rings (SSSR count). The van der Waals surface area contributed by atoms with Crippen LogP contribution in [0.15, 0.2) is 29.2 Å². The number of nitrogens with one attached hydrogen (secondary N) is 2. The van der Waals surface area contributed by atoms with Crippen molar-refractivity contribution in [1.82, 2.24) is 25.2 Å². The Morgan fingerprint density at radius 1 is 1.34 bits per heavy atom. The van der Waals surface area contributed by atoms with Gasteiger partial charge in [-0.25, -0.2) is 9.37 Å². The van der Waals surface area contributed by atoms with Gasteiger partial charge in [0, 0.05) is 44.0 Å². The Kier molecular flexibility index (Phi) is 6.13. The standard InChI is InChI=1S/C22H23F2N5O3/c1-3-12-8-16-19(28-21(12)30)18(23)13(9-26-16)10-29-7-6-14(11-29)32-17-5-4-15(22(31)25-2)27-20(17)24/h4-5,8-9,14H,3,6-7,10-11H2,1-2H3,(H,25,31)(H,28,30)/t14-/m0/s1. The maximum atomic E-state index is 15.0. The number of halogens is 2. The number of ether oxygens (including phenoxy) is 1. The minimum absolute atomic E-state index is 0.0335. The first-order valence-corrected chi connectivity index (χ1v) is 10.4. The van der Waals surface area contributed by atoms with Gasteiger partial charge < -0.3 is 15.0 Å². The molecule has 4 heterocycles. The summed E-state index contributed by atoms with van der Waals surface area (Å²) in [6, 6.07) is 4.38. The highest BCUT2D eigenvalue weighted by Gasteiger charge is 2.26. The van der Waals surface area contributed by atoms with Gasteiger partial charge in [-0.1, -0.05) is 6.92 Å². The Balaban J connectivity index is 1.44. The van der Waals surface area contributed by atoms with Crippen molar-refractivity contribution in [3.8, 4) is 5.75 Å². The molecule has 8 nitrogen and oxygen atoms in total. The average molecular weight is 443 g/mol. The highest BCUT2D eigenvalue weighted by Crippen LogP contribution is 2.24. The Hall–Kier alpha value is -3.40. The van der Waals surface area contributed by atoms with E-state index < -0.39 is 17.7 Å². The fourth-order valence-electron chi connectivity index (χ4n) is 3.79. The second-order valence-electron chi connectivity index (χ2n) is 7.66. The van der Waals surface area contributed by atoms with Crippen molar-refractivity contribution in [2.24, 2.45) is 0 Å². The number of likely N-dealkylation sites (tertiary alicyclic amines) is 1. The molecule has 1 aliphatic rings. The van der Waals surface area contributed by atoms with Gasteiger partial charge in [0.25, 0.3) is 17.4 Å². The van der Waals surface area contributed by atoms with E-state index in [-0.39, 0.29) is 35.2 Å². The van der Waals surface area contributed by atoms with Gasteiger partial charge in [0.05, 0.1) is 5.52 Å². The van der Waals surface area contributed by atoms with Crippen LogP contribution in [0.25, 0.3) is 11.0 Å². The third-order valence-corrected chi connectivity index (χ3v) is 5.53. The number of amides is 1. The summed E-state index contributed by atoms with van der Waals surface area (Å²) in [5.74, 6) is -1.88. The van der Waals surface area contributed by atoms with Gasteiger partial charge in [-0.3, -0.25) is 19.5 Å². The fraction of sp³-hybridized carbons (Fsp3) is 0.364. The fourth-order valence-corrected chi connectivity index (χ4v) is 3.79. The van der Waals surface area contributed by atoms with Crippen LogP contribution in [-0.4, -0.2) is 52.0 Å². The van der Waals surface area contributed by atoms with Crippen LogP contribution >= 0.6 is 0 Å². The number of aromatic nitrogens is 3. The molecular formula is C22H23F2N5O3. The van der Waals surface area contributed by atoms with Crippen molar-refractivity contribution >= 4 is 16.9 Å². The number of hydrogen-bond acceptors (Lipinski definition) is 6. The highest BCUT2D eigenvalue weighted by molar-refractivity contribution is 5.92. The highest BCUT2D eigenvalue weighted by atomic mass is 19.1. The summed E-state index contributed by atoms with van der Waals surface area (Å²) < 4.78 is 34.9. The second-order valence-corrected chi connectivity index (χ2v) is 7.66. The van der Waals surface area contributed by atoms with Crippen molar-refractivity contribution in [2.75, 3.05) is 20.1 Å². The minimum atomic E-state index is -0.857. The quantitative estimate of drug-likeness (QED) is 0.567. The zero-order valence-corrected chi connectivity index (χ0v) is 17.7. The van der Waals surface area contributed by atoms with Crippen LogP contribution in [0, 0.1) is 11.8 Å². The van der Waals surface area contributed by atoms with Crippen LogP contribution in [-0.2, 0) is 13.0 Å². The van der Waals surface area contributed by atoms with Gasteiger partial charge >= 0.3 is 0 Å². The number of nitrogens with zero attached hydrogens (tertiary/aromatic N) is 3. The lowest BCUT2D eigenvalue weighted by atomic mass is 10.1. The van der Waals surface area contributed by atoms with Crippen molar-refractivity contribution in [3.05, 3.63) is 63.3 Å². The number of H-pyrrole nitrogens is 1. The van der Waals surface area contributed by atoms with Gasteiger partial charge in [-0.2, -0.15) is 4.39 Å². The molecule has 2 N–H and O–H groups in total. The number of aryl methyl sites for hydroxylation is 1. The molecule has 1 amide bonds. The smallest absolute Gasteiger partial charge is 0.269 e. The lowest BCUT2D eigenvalue weighted by Crippen LogP contribution is -2.26. The number of pyridine rings is 3. The normalized spacial score (nSPS) is 16.4. The monoisotopic (exact) mass is 443 g/mol. The van der Waals surface area contributed by atoms with Crippen molar-refractivity contribution in [3.63, 3.8) is 0 Å². The number of fused-ring (bicyclic) bond motifs is 1. The zero-order chi connectivity index (χ0) is 22.8. The van der Waals surface area contributed by atoms with Gasteiger partial charge in [0.2, 0.25) is 0 Å². The molecule has 10 heteroatoms. The molecule has 0 aromatic carbocycles. The molecule has 168 valence electrons. The van der Waals surface area contributed by atoms with Crippen LogP contribution in [0.2, 0.25) is 0 Å². The zero-order valence-electron chi connectivity index (χ0n) is 17.7.